The molecule has 2 nitrogen and oxygen atoms in total. The van der Waals surface area contributed by atoms with Crippen molar-refractivity contribution in [2.45, 2.75) is 11.8 Å². The lowest BCUT2D eigenvalue weighted by molar-refractivity contribution is -0.113. The summed E-state index contributed by atoms with van der Waals surface area (Å²) in [6.07, 6.45) is 0. The Morgan fingerprint density at radius 1 is 1.10 bits per heavy atom. The lowest BCUT2D eigenvalue weighted by Crippen LogP contribution is -2.13. The molecule has 0 aliphatic heterocycles. The van der Waals surface area contributed by atoms with Crippen molar-refractivity contribution in [2.75, 3.05) is 11.1 Å². The smallest absolute Gasteiger partial charge is 0.234 e. The van der Waals surface area contributed by atoms with Gasteiger partial charge in [0.25, 0.3) is 0 Å². The molecule has 0 saturated carbocycles. The van der Waals surface area contributed by atoms with Crippen LogP contribution in [0.5, 0.6) is 0 Å². The first kappa shape index (κ1) is 15.2. The second-order valence-electron chi connectivity index (χ2n) is 4.28. The molecule has 0 aromatic heterocycles. The Bertz CT molecular complexity index is 614. The number of halogens is 2. The number of nitrogens with one attached hydrogen (secondary N) is 1. The zero-order valence-corrected chi connectivity index (χ0v) is 13.1. The fourth-order valence-electron chi connectivity index (χ4n) is 1.55. The van der Waals surface area contributed by atoms with E-state index in [1.807, 2.05) is 31.2 Å². The number of aryl methyl sites for hydroxylation is 1. The standard InChI is InChI=1S/C15H13Cl2NOS/c1-10-2-5-12(6-3-10)20-9-15(19)18-11-4-7-13(16)14(17)8-11/h2-8H,9H2,1H3,(H,18,19). The third kappa shape index (κ3) is 4.44. The molecule has 2 aromatic carbocycles. The monoisotopic (exact) mass is 325 g/mol. The Kier molecular flexibility index (Phi) is 5.35. The number of hydrogen-bond donors (Lipinski definition) is 1. The Morgan fingerprint density at radius 3 is 2.45 bits per heavy atom. The molecule has 0 bridgehead atoms. The molecule has 2 aromatic rings. The third-order valence-corrected chi connectivity index (χ3v) is 4.35. The molecule has 1 amide bonds. The highest BCUT2D eigenvalue weighted by Gasteiger charge is 2.05. The van der Waals surface area contributed by atoms with Gasteiger partial charge in [-0.15, -0.1) is 11.8 Å². The summed E-state index contributed by atoms with van der Waals surface area (Å²) in [6, 6.07) is 13.1. The van der Waals surface area contributed by atoms with Gasteiger partial charge in [0.05, 0.1) is 15.8 Å². The fraction of sp³-hybridized carbons (Fsp3) is 0.133. The van der Waals surface area contributed by atoms with E-state index in [1.165, 1.54) is 17.3 Å². The molecule has 104 valence electrons. The highest BCUT2D eigenvalue weighted by Crippen LogP contribution is 2.25. The van der Waals surface area contributed by atoms with Crippen LogP contribution in [0.25, 0.3) is 0 Å². The average Bonchev–Trinajstić information content (AvgIpc) is 2.42. The van der Waals surface area contributed by atoms with Crippen LogP contribution >= 0.6 is 35.0 Å². The van der Waals surface area contributed by atoms with Crippen molar-refractivity contribution in [3.63, 3.8) is 0 Å². The quantitative estimate of drug-likeness (QED) is 0.798. The van der Waals surface area contributed by atoms with Crippen LogP contribution in [0.3, 0.4) is 0 Å². The van der Waals surface area contributed by atoms with Crippen molar-refractivity contribution in [3.8, 4) is 0 Å². The summed E-state index contributed by atoms with van der Waals surface area (Å²) in [5.74, 6) is 0.275. The SMILES string of the molecule is Cc1ccc(SCC(=O)Nc2ccc(Cl)c(Cl)c2)cc1. The van der Waals surface area contributed by atoms with Gasteiger partial charge in [0.2, 0.25) is 5.91 Å². The second-order valence-corrected chi connectivity index (χ2v) is 6.14. The summed E-state index contributed by atoms with van der Waals surface area (Å²) in [4.78, 5) is 12.9. The first-order valence-electron chi connectivity index (χ1n) is 5.99. The third-order valence-electron chi connectivity index (χ3n) is 2.59. The van der Waals surface area contributed by atoms with Crippen molar-refractivity contribution in [1.82, 2.24) is 0 Å². The van der Waals surface area contributed by atoms with Gasteiger partial charge < -0.3 is 5.32 Å². The summed E-state index contributed by atoms with van der Waals surface area (Å²) >= 11 is 13.2. The predicted octanol–water partition coefficient (Wildman–Crippen LogP) is 5.03. The zero-order chi connectivity index (χ0) is 14.5. The van der Waals surface area contributed by atoms with Gasteiger partial charge in [-0.05, 0) is 37.3 Å². The zero-order valence-electron chi connectivity index (χ0n) is 10.8. The highest BCUT2D eigenvalue weighted by molar-refractivity contribution is 8.00. The summed E-state index contributed by atoms with van der Waals surface area (Å²) in [5.41, 5.74) is 1.85. The van der Waals surface area contributed by atoms with E-state index in [0.29, 0.717) is 21.5 Å². The van der Waals surface area contributed by atoms with Crippen LogP contribution in [0.15, 0.2) is 47.4 Å². The van der Waals surface area contributed by atoms with Crippen LogP contribution < -0.4 is 5.32 Å². The number of hydrogen-bond acceptors (Lipinski definition) is 2. The molecule has 0 heterocycles. The van der Waals surface area contributed by atoms with Crippen LogP contribution in [-0.2, 0) is 4.79 Å². The van der Waals surface area contributed by atoms with Gasteiger partial charge in [0.15, 0.2) is 0 Å². The van der Waals surface area contributed by atoms with Crippen molar-refractivity contribution in [2.24, 2.45) is 0 Å². The van der Waals surface area contributed by atoms with Crippen molar-refractivity contribution in [3.05, 3.63) is 58.1 Å². The molecule has 1 N–H and O–H groups in total. The minimum absolute atomic E-state index is 0.0750. The van der Waals surface area contributed by atoms with Gasteiger partial charge in [-0.3, -0.25) is 4.79 Å². The van der Waals surface area contributed by atoms with Crippen molar-refractivity contribution >= 4 is 46.6 Å². The molecule has 0 radical (unpaired) electrons. The number of amides is 1. The van der Waals surface area contributed by atoms with E-state index in [1.54, 1.807) is 18.2 Å². The van der Waals surface area contributed by atoms with Crippen LogP contribution in [0.4, 0.5) is 5.69 Å². The minimum Gasteiger partial charge on any atom is -0.325 e. The van der Waals surface area contributed by atoms with Crippen LogP contribution in [0, 0.1) is 6.92 Å². The lowest BCUT2D eigenvalue weighted by Gasteiger charge is -2.06. The Balaban J connectivity index is 1.89. The highest BCUT2D eigenvalue weighted by atomic mass is 35.5. The van der Waals surface area contributed by atoms with Gasteiger partial charge in [-0.1, -0.05) is 40.9 Å². The number of benzene rings is 2. The Labute approximate surface area is 132 Å². The van der Waals surface area contributed by atoms with Crippen molar-refractivity contribution in [1.29, 1.82) is 0 Å². The minimum atomic E-state index is -0.0750. The molecule has 0 atom stereocenters. The van der Waals surface area contributed by atoms with E-state index >= 15 is 0 Å². The van der Waals surface area contributed by atoms with Crippen molar-refractivity contribution < 1.29 is 4.79 Å². The summed E-state index contributed by atoms with van der Waals surface area (Å²) in [7, 11) is 0. The lowest BCUT2D eigenvalue weighted by atomic mass is 10.2. The summed E-state index contributed by atoms with van der Waals surface area (Å²) in [6.45, 7) is 2.03. The number of rotatable bonds is 4. The molecule has 20 heavy (non-hydrogen) atoms. The van der Waals surface area contributed by atoms with E-state index in [4.69, 9.17) is 23.2 Å². The maximum Gasteiger partial charge on any atom is 0.234 e. The Morgan fingerprint density at radius 2 is 1.80 bits per heavy atom. The topological polar surface area (TPSA) is 29.1 Å². The maximum atomic E-state index is 11.8. The maximum absolute atomic E-state index is 11.8. The fourth-order valence-corrected chi connectivity index (χ4v) is 2.55. The number of thioether (sulfide) groups is 1. The molecule has 0 fully saturated rings. The first-order chi connectivity index (χ1) is 9.54. The van der Waals surface area contributed by atoms with Gasteiger partial charge in [-0.25, -0.2) is 0 Å². The van der Waals surface area contributed by atoms with E-state index in [9.17, 15) is 4.79 Å². The molecular formula is C15H13Cl2NOS. The Hall–Kier alpha value is -1.16. The molecular weight excluding hydrogens is 313 g/mol. The average molecular weight is 326 g/mol. The van der Waals surface area contributed by atoms with Gasteiger partial charge in [-0.2, -0.15) is 0 Å². The molecule has 2 rings (SSSR count). The predicted molar refractivity (Wildman–Crippen MR) is 87.0 cm³/mol. The molecule has 0 saturated heterocycles. The molecule has 5 heteroatoms. The van der Waals surface area contributed by atoms with Gasteiger partial charge in [0, 0.05) is 10.6 Å². The van der Waals surface area contributed by atoms with E-state index in [2.05, 4.69) is 5.32 Å². The van der Waals surface area contributed by atoms with Crippen LogP contribution in [0.2, 0.25) is 10.0 Å². The van der Waals surface area contributed by atoms with Gasteiger partial charge in [0.1, 0.15) is 0 Å². The largest absolute Gasteiger partial charge is 0.325 e. The van der Waals surface area contributed by atoms with E-state index in [0.717, 1.165) is 4.90 Å². The summed E-state index contributed by atoms with van der Waals surface area (Å²) < 4.78 is 0. The normalized spacial score (nSPS) is 10.3. The van der Waals surface area contributed by atoms with Crippen LogP contribution in [0.1, 0.15) is 5.56 Å². The summed E-state index contributed by atoms with van der Waals surface area (Å²) in [5, 5.41) is 3.69. The van der Waals surface area contributed by atoms with E-state index in [-0.39, 0.29) is 5.91 Å². The number of carbonyl (C=O) groups excluding carboxylic acids is 1. The second kappa shape index (κ2) is 7.02. The van der Waals surface area contributed by atoms with E-state index < -0.39 is 0 Å². The molecule has 0 aliphatic carbocycles. The molecule has 0 unspecified atom stereocenters. The molecule has 0 spiro atoms. The first-order valence-corrected chi connectivity index (χ1v) is 7.73. The molecule has 0 aliphatic rings. The van der Waals surface area contributed by atoms with Gasteiger partial charge >= 0.3 is 0 Å². The number of anilines is 1. The number of carbonyl (C=O) groups is 1. The van der Waals surface area contributed by atoms with Crippen LogP contribution in [-0.4, -0.2) is 11.7 Å².